The molecule has 5 rings (SSSR count). The van der Waals surface area contributed by atoms with Gasteiger partial charge in [-0.2, -0.15) is 0 Å². The molecule has 1 aliphatic heterocycles. The van der Waals surface area contributed by atoms with Gasteiger partial charge < -0.3 is 19.8 Å². The number of nitrogens with one attached hydrogen (secondary N) is 2. The van der Waals surface area contributed by atoms with E-state index >= 15 is 0 Å². The number of aryl methyl sites for hydroxylation is 4. The first kappa shape index (κ1) is 18.3. The van der Waals surface area contributed by atoms with Crippen LogP contribution < -0.4 is 5.32 Å². The van der Waals surface area contributed by atoms with Crippen LogP contribution in [0, 0.1) is 6.92 Å². The van der Waals surface area contributed by atoms with Crippen LogP contribution in [0.1, 0.15) is 47.6 Å². The van der Waals surface area contributed by atoms with Crippen molar-refractivity contribution >= 4 is 16.9 Å². The van der Waals surface area contributed by atoms with Crippen molar-refractivity contribution in [1.29, 1.82) is 0 Å². The van der Waals surface area contributed by atoms with E-state index in [1.807, 2.05) is 7.05 Å². The summed E-state index contributed by atoms with van der Waals surface area (Å²) >= 11 is 0. The average Bonchev–Trinajstić information content (AvgIpc) is 3.28. The molecular formula is C23H29N5O. The van der Waals surface area contributed by atoms with Gasteiger partial charge in [0.2, 0.25) is 0 Å². The van der Waals surface area contributed by atoms with Gasteiger partial charge in [0.25, 0.3) is 0 Å². The molecule has 0 saturated carbocycles. The molecule has 2 aliphatic rings. The van der Waals surface area contributed by atoms with Gasteiger partial charge in [0, 0.05) is 48.8 Å². The van der Waals surface area contributed by atoms with Crippen LogP contribution in [0.3, 0.4) is 0 Å². The zero-order valence-electron chi connectivity index (χ0n) is 17.3. The van der Waals surface area contributed by atoms with Gasteiger partial charge in [-0.3, -0.25) is 0 Å². The van der Waals surface area contributed by atoms with Gasteiger partial charge in [0.1, 0.15) is 5.82 Å². The molecular weight excluding hydrogens is 362 g/mol. The number of hydrogen-bond acceptors (Lipinski definition) is 2. The number of nitrogens with zero attached hydrogens (tertiary/aromatic N) is 3. The van der Waals surface area contributed by atoms with E-state index in [2.05, 4.69) is 46.2 Å². The number of benzene rings is 1. The molecule has 0 saturated heterocycles. The lowest BCUT2D eigenvalue weighted by Crippen LogP contribution is -2.45. The van der Waals surface area contributed by atoms with Crippen molar-refractivity contribution in [3.8, 4) is 0 Å². The highest BCUT2D eigenvalue weighted by Crippen LogP contribution is 2.30. The number of rotatable bonds is 3. The highest BCUT2D eigenvalue weighted by Gasteiger charge is 2.25. The Bertz CT molecular complexity index is 1040. The van der Waals surface area contributed by atoms with Crippen molar-refractivity contribution < 1.29 is 4.79 Å². The lowest BCUT2D eigenvalue weighted by Gasteiger charge is -2.26. The maximum atomic E-state index is 12.8. The summed E-state index contributed by atoms with van der Waals surface area (Å²) in [5, 5.41) is 4.55. The number of urea groups is 1. The predicted molar refractivity (Wildman–Crippen MR) is 114 cm³/mol. The molecule has 2 N–H and O–H groups in total. The lowest BCUT2D eigenvalue weighted by atomic mass is 9.91. The number of hydrogen-bond donors (Lipinski definition) is 2. The lowest BCUT2D eigenvalue weighted by molar-refractivity contribution is 0.200. The Balaban J connectivity index is 1.24. The molecule has 0 unspecified atom stereocenters. The van der Waals surface area contributed by atoms with Crippen LogP contribution in [0.15, 0.2) is 24.4 Å². The number of carbonyl (C=O) groups excluding carboxylic acids is 1. The van der Waals surface area contributed by atoms with Crippen molar-refractivity contribution in [3.63, 3.8) is 0 Å². The largest absolute Gasteiger partial charge is 0.358 e. The van der Waals surface area contributed by atoms with Crippen molar-refractivity contribution in [2.75, 3.05) is 7.05 Å². The molecule has 3 aromatic rings. The molecule has 0 spiro atoms. The monoisotopic (exact) mass is 391 g/mol. The van der Waals surface area contributed by atoms with E-state index in [0.29, 0.717) is 6.54 Å². The first-order valence-electron chi connectivity index (χ1n) is 10.7. The van der Waals surface area contributed by atoms with E-state index in [4.69, 9.17) is 4.98 Å². The van der Waals surface area contributed by atoms with Gasteiger partial charge in [-0.25, -0.2) is 9.78 Å². The number of aromatic amines is 1. The molecule has 1 aromatic carbocycles. The Morgan fingerprint density at radius 1 is 1.34 bits per heavy atom. The maximum Gasteiger partial charge on any atom is 0.317 e. The number of carbonyl (C=O) groups is 1. The molecule has 0 fully saturated rings. The normalized spacial score (nSPS) is 18.3. The Hall–Kier alpha value is -2.76. The summed E-state index contributed by atoms with van der Waals surface area (Å²) < 4.78 is 2.24. The fraction of sp³-hybridized carbons (Fsp3) is 0.478. The van der Waals surface area contributed by atoms with Crippen LogP contribution in [0.25, 0.3) is 10.9 Å². The van der Waals surface area contributed by atoms with Crippen LogP contribution in [0.5, 0.6) is 0 Å². The van der Waals surface area contributed by atoms with Crippen molar-refractivity contribution in [2.45, 2.75) is 64.6 Å². The molecule has 6 nitrogen and oxygen atoms in total. The SMILES string of the molecule is Cc1ccc2[nH]c3c(c2c1)C[C@@H](NC(=O)N(C)Cc1cn2c(n1)CCCC2)CC3. The maximum absolute atomic E-state index is 12.8. The first-order valence-corrected chi connectivity index (χ1v) is 10.7. The fourth-order valence-electron chi connectivity index (χ4n) is 4.80. The van der Waals surface area contributed by atoms with Crippen molar-refractivity contribution in [2.24, 2.45) is 0 Å². The predicted octanol–water partition coefficient (Wildman–Crippen LogP) is 3.71. The molecule has 0 bridgehead atoms. The van der Waals surface area contributed by atoms with Gasteiger partial charge in [0.05, 0.1) is 12.2 Å². The van der Waals surface area contributed by atoms with Crippen LogP contribution in [0.4, 0.5) is 4.79 Å². The summed E-state index contributed by atoms with van der Waals surface area (Å²) in [6, 6.07) is 6.72. The summed E-state index contributed by atoms with van der Waals surface area (Å²) in [6.45, 7) is 3.73. The molecule has 2 amide bonds. The van der Waals surface area contributed by atoms with Crippen LogP contribution in [-0.4, -0.2) is 38.6 Å². The van der Waals surface area contributed by atoms with E-state index in [0.717, 1.165) is 43.7 Å². The Labute approximate surface area is 171 Å². The molecule has 6 heteroatoms. The molecule has 2 aromatic heterocycles. The smallest absolute Gasteiger partial charge is 0.317 e. The van der Waals surface area contributed by atoms with Crippen LogP contribution in [-0.2, 0) is 32.4 Å². The van der Waals surface area contributed by atoms with E-state index in [1.165, 1.54) is 40.6 Å². The number of fused-ring (bicyclic) bond motifs is 4. The quantitative estimate of drug-likeness (QED) is 0.715. The summed E-state index contributed by atoms with van der Waals surface area (Å²) in [4.78, 5) is 22.8. The third kappa shape index (κ3) is 3.52. The highest BCUT2D eigenvalue weighted by atomic mass is 16.2. The molecule has 1 atom stereocenters. The topological polar surface area (TPSA) is 66.0 Å². The zero-order valence-corrected chi connectivity index (χ0v) is 17.3. The molecule has 3 heterocycles. The fourth-order valence-corrected chi connectivity index (χ4v) is 4.80. The van der Waals surface area contributed by atoms with E-state index in [-0.39, 0.29) is 12.1 Å². The van der Waals surface area contributed by atoms with E-state index < -0.39 is 0 Å². The minimum atomic E-state index is -0.0135. The third-order valence-electron chi connectivity index (χ3n) is 6.38. The summed E-state index contributed by atoms with van der Waals surface area (Å²) in [5.41, 5.74) is 6.15. The summed E-state index contributed by atoms with van der Waals surface area (Å²) in [5.74, 6) is 1.16. The summed E-state index contributed by atoms with van der Waals surface area (Å²) in [7, 11) is 1.86. The molecule has 152 valence electrons. The van der Waals surface area contributed by atoms with Crippen molar-refractivity contribution in [3.05, 3.63) is 52.7 Å². The number of imidazole rings is 1. The van der Waals surface area contributed by atoms with Gasteiger partial charge in [-0.15, -0.1) is 0 Å². The standard InChI is InChI=1S/C23H29N5O/c1-15-6-8-20-18(11-15)19-12-16(7-9-21(19)26-20)25-23(29)27(2)13-17-14-28-10-4-3-5-22(28)24-17/h6,8,11,14,16,26H,3-5,7,9-10,12-13H2,1-2H3,(H,25,29)/t16-/m0/s1. The minimum absolute atomic E-state index is 0.0135. The van der Waals surface area contributed by atoms with Crippen molar-refractivity contribution in [1.82, 2.24) is 24.8 Å². The van der Waals surface area contributed by atoms with Gasteiger partial charge in [0.15, 0.2) is 0 Å². The van der Waals surface area contributed by atoms with E-state index in [9.17, 15) is 4.79 Å². The Kier molecular flexibility index (Phi) is 4.57. The van der Waals surface area contributed by atoms with E-state index in [1.54, 1.807) is 4.90 Å². The minimum Gasteiger partial charge on any atom is -0.358 e. The number of H-pyrrole nitrogens is 1. The van der Waals surface area contributed by atoms with Gasteiger partial charge in [-0.1, -0.05) is 11.6 Å². The van der Waals surface area contributed by atoms with Crippen LogP contribution >= 0.6 is 0 Å². The summed E-state index contributed by atoms with van der Waals surface area (Å²) in [6.07, 6.45) is 8.42. The van der Waals surface area contributed by atoms with Crippen LogP contribution in [0.2, 0.25) is 0 Å². The Morgan fingerprint density at radius 3 is 3.10 bits per heavy atom. The highest BCUT2D eigenvalue weighted by molar-refractivity contribution is 5.86. The number of aromatic nitrogens is 3. The molecule has 1 aliphatic carbocycles. The second kappa shape index (κ2) is 7.25. The zero-order chi connectivity index (χ0) is 20.0. The average molecular weight is 392 g/mol. The molecule has 0 radical (unpaired) electrons. The Morgan fingerprint density at radius 2 is 2.24 bits per heavy atom. The number of amides is 2. The third-order valence-corrected chi connectivity index (χ3v) is 6.38. The van der Waals surface area contributed by atoms with Gasteiger partial charge >= 0.3 is 6.03 Å². The first-order chi connectivity index (χ1) is 14.1. The second-order valence-corrected chi connectivity index (χ2v) is 8.68. The second-order valence-electron chi connectivity index (χ2n) is 8.68. The van der Waals surface area contributed by atoms with Gasteiger partial charge in [-0.05, 0) is 56.7 Å². The molecule has 29 heavy (non-hydrogen) atoms.